The van der Waals surface area contributed by atoms with Gasteiger partial charge in [0.25, 0.3) is 0 Å². The van der Waals surface area contributed by atoms with Crippen molar-refractivity contribution in [1.29, 1.82) is 0 Å². The van der Waals surface area contributed by atoms with Crippen LogP contribution in [0.1, 0.15) is 12.0 Å². The first-order chi connectivity index (χ1) is 11.6. The molecule has 0 aromatic heterocycles. The first kappa shape index (κ1) is 16.4. The molecule has 5 nitrogen and oxygen atoms in total. The van der Waals surface area contributed by atoms with Gasteiger partial charge in [-0.25, -0.2) is 9.86 Å². The standard InChI is InChI=1S/C18H18N2O3S/c19-18(21)20(22)12-13-8-9-24-17-7-6-16(11-14(17)10-13)23-15-4-2-1-3-5-15/h1-7,10-11,22H,8-9,12H2,(H2,19,21). The molecule has 2 amide bonds. The van der Waals surface area contributed by atoms with Crippen molar-refractivity contribution in [2.75, 3.05) is 12.3 Å². The Labute approximate surface area is 144 Å². The Morgan fingerprint density at radius 3 is 2.75 bits per heavy atom. The van der Waals surface area contributed by atoms with Crippen molar-refractivity contribution < 1.29 is 14.7 Å². The number of nitrogens with two attached hydrogens (primary N) is 1. The molecule has 2 aromatic rings. The van der Waals surface area contributed by atoms with E-state index in [-0.39, 0.29) is 6.54 Å². The van der Waals surface area contributed by atoms with Crippen LogP contribution in [0.4, 0.5) is 4.79 Å². The summed E-state index contributed by atoms with van der Waals surface area (Å²) < 4.78 is 5.87. The maximum Gasteiger partial charge on any atom is 0.338 e. The molecule has 0 unspecified atom stereocenters. The monoisotopic (exact) mass is 342 g/mol. The molecule has 0 radical (unpaired) electrons. The highest BCUT2D eigenvalue weighted by molar-refractivity contribution is 7.99. The third kappa shape index (κ3) is 4.10. The van der Waals surface area contributed by atoms with E-state index in [4.69, 9.17) is 10.5 Å². The molecule has 1 aliphatic heterocycles. The number of carbonyl (C=O) groups is 1. The first-order valence-corrected chi connectivity index (χ1v) is 8.55. The number of carbonyl (C=O) groups excluding carboxylic acids is 1. The van der Waals surface area contributed by atoms with Gasteiger partial charge < -0.3 is 10.5 Å². The molecule has 1 heterocycles. The molecule has 0 saturated heterocycles. The van der Waals surface area contributed by atoms with Crippen LogP contribution >= 0.6 is 11.8 Å². The Morgan fingerprint density at radius 2 is 2.00 bits per heavy atom. The Balaban J connectivity index is 1.84. The van der Waals surface area contributed by atoms with E-state index in [1.54, 1.807) is 11.8 Å². The number of benzene rings is 2. The van der Waals surface area contributed by atoms with Crippen LogP contribution in [-0.2, 0) is 0 Å². The summed E-state index contributed by atoms with van der Waals surface area (Å²) in [6, 6.07) is 14.7. The lowest BCUT2D eigenvalue weighted by Crippen LogP contribution is -2.34. The summed E-state index contributed by atoms with van der Waals surface area (Å²) in [4.78, 5) is 12.2. The number of fused-ring (bicyclic) bond motifs is 1. The Hall–Kier alpha value is -2.44. The van der Waals surface area contributed by atoms with Crippen LogP contribution in [0.25, 0.3) is 6.08 Å². The van der Waals surface area contributed by atoms with Crippen LogP contribution in [-0.4, -0.2) is 28.6 Å². The quantitative estimate of drug-likeness (QED) is 0.647. The molecule has 2 aromatic carbocycles. The van der Waals surface area contributed by atoms with E-state index >= 15 is 0 Å². The summed E-state index contributed by atoms with van der Waals surface area (Å²) >= 11 is 1.74. The number of urea groups is 1. The van der Waals surface area contributed by atoms with Crippen LogP contribution in [0, 0.1) is 0 Å². The number of thioether (sulfide) groups is 1. The fourth-order valence-electron chi connectivity index (χ4n) is 2.44. The third-order valence-electron chi connectivity index (χ3n) is 3.61. The predicted molar refractivity (Wildman–Crippen MR) is 94.4 cm³/mol. The molecule has 24 heavy (non-hydrogen) atoms. The number of hydrogen-bond donors (Lipinski definition) is 2. The van der Waals surface area contributed by atoms with Crippen molar-refractivity contribution in [2.24, 2.45) is 5.73 Å². The highest BCUT2D eigenvalue weighted by atomic mass is 32.2. The van der Waals surface area contributed by atoms with Crippen molar-refractivity contribution in [2.45, 2.75) is 11.3 Å². The second-order valence-electron chi connectivity index (χ2n) is 5.41. The van der Waals surface area contributed by atoms with Gasteiger partial charge in [-0.3, -0.25) is 5.21 Å². The molecule has 0 aliphatic carbocycles. The molecule has 3 N–H and O–H groups in total. The first-order valence-electron chi connectivity index (χ1n) is 7.57. The van der Waals surface area contributed by atoms with Crippen molar-refractivity contribution in [3.63, 3.8) is 0 Å². The van der Waals surface area contributed by atoms with E-state index < -0.39 is 6.03 Å². The van der Waals surface area contributed by atoms with Crippen LogP contribution in [0.2, 0.25) is 0 Å². The average molecular weight is 342 g/mol. The normalized spacial score (nSPS) is 13.5. The molecule has 0 bridgehead atoms. The fourth-order valence-corrected chi connectivity index (χ4v) is 3.47. The summed E-state index contributed by atoms with van der Waals surface area (Å²) in [6.07, 6.45) is 2.76. The molecular formula is C18H18N2O3S. The van der Waals surface area contributed by atoms with Gasteiger partial charge in [-0.1, -0.05) is 24.3 Å². The molecule has 3 rings (SSSR count). The zero-order chi connectivity index (χ0) is 16.9. The largest absolute Gasteiger partial charge is 0.457 e. The maximum absolute atomic E-state index is 11.0. The van der Waals surface area contributed by atoms with Gasteiger partial charge in [-0.05, 0) is 47.9 Å². The number of ether oxygens (including phenoxy) is 1. The number of para-hydroxylation sites is 1. The molecule has 6 heteroatoms. The van der Waals surface area contributed by atoms with Gasteiger partial charge in [-0.2, -0.15) is 0 Å². The second kappa shape index (κ2) is 7.42. The highest BCUT2D eigenvalue weighted by Gasteiger charge is 2.14. The Morgan fingerprint density at radius 1 is 1.21 bits per heavy atom. The number of hydrogen-bond acceptors (Lipinski definition) is 4. The molecule has 1 aliphatic rings. The fraction of sp³-hybridized carbons (Fsp3) is 0.167. The predicted octanol–water partition coefficient (Wildman–Crippen LogP) is 4.13. The minimum Gasteiger partial charge on any atom is -0.457 e. The van der Waals surface area contributed by atoms with Crippen molar-refractivity contribution in [3.8, 4) is 11.5 Å². The van der Waals surface area contributed by atoms with Gasteiger partial charge in [0.2, 0.25) is 0 Å². The van der Waals surface area contributed by atoms with Crippen LogP contribution in [0.5, 0.6) is 11.5 Å². The highest BCUT2D eigenvalue weighted by Crippen LogP contribution is 2.34. The number of hydroxylamine groups is 2. The Kier molecular flexibility index (Phi) is 5.08. The molecule has 0 saturated carbocycles. The van der Waals surface area contributed by atoms with E-state index in [9.17, 15) is 10.0 Å². The zero-order valence-corrected chi connectivity index (χ0v) is 13.8. The van der Waals surface area contributed by atoms with Gasteiger partial charge in [0.05, 0.1) is 6.54 Å². The molecular weight excluding hydrogens is 324 g/mol. The number of amides is 2. The van der Waals surface area contributed by atoms with E-state index in [1.807, 2.05) is 54.6 Å². The van der Waals surface area contributed by atoms with Gasteiger partial charge in [0, 0.05) is 10.6 Å². The topological polar surface area (TPSA) is 75.8 Å². The van der Waals surface area contributed by atoms with Crippen molar-refractivity contribution in [1.82, 2.24) is 5.06 Å². The third-order valence-corrected chi connectivity index (χ3v) is 4.70. The smallest absolute Gasteiger partial charge is 0.338 e. The van der Waals surface area contributed by atoms with Gasteiger partial charge in [0.1, 0.15) is 11.5 Å². The van der Waals surface area contributed by atoms with E-state index in [0.29, 0.717) is 5.06 Å². The number of primary amides is 1. The van der Waals surface area contributed by atoms with Gasteiger partial charge in [0.15, 0.2) is 0 Å². The van der Waals surface area contributed by atoms with Gasteiger partial charge in [-0.15, -0.1) is 11.8 Å². The lowest BCUT2D eigenvalue weighted by Gasteiger charge is -2.13. The molecule has 0 spiro atoms. The lowest BCUT2D eigenvalue weighted by molar-refractivity contribution is -0.0312. The Bertz CT molecular complexity index is 762. The maximum atomic E-state index is 11.0. The molecule has 0 fully saturated rings. The zero-order valence-electron chi connectivity index (χ0n) is 13.0. The second-order valence-corrected chi connectivity index (χ2v) is 6.55. The molecule has 0 atom stereocenters. The summed E-state index contributed by atoms with van der Waals surface area (Å²) in [5.41, 5.74) is 7.04. The van der Waals surface area contributed by atoms with Crippen molar-refractivity contribution in [3.05, 3.63) is 59.7 Å². The molecule has 124 valence electrons. The minimum atomic E-state index is -0.853. The van der Waals surface area contributed by atoms with E-state index in [1.165, 1.54) is 0 Å². The minimum absolute atomic E-state index is 0.110. The average Bonchev–Trinajstić information content (AvgIpc) is 2.77. The van der Waals surface area contributed by atoms with Crippen LogP contribution in [0.15, 0.2) is 59.0 Å². The lowest BCUT2D eigenvalue weighted by atomic mass is 10.1. The van der Waals surface area contributed by atoms with Crippen molar-refractivity contribution >= 4 is 23.9 Å². The summed E-state index contributed by atoms with van der Waals surface area (Å²) in [6.45, 7) is 0.110. The van der Waals surface area contributed by atoms with E-state index in [2.05, 4.69) is 0 Å². The van der Waals surface area contributed by atoms with Crippen LogP contribution < -0.4 is 10.5 Å². The SMILES string of the molecule is NC(=O)N(O)CC1=Cc2cc(Oc3ccccc3)ccc2SCC1. The summed E-state index contributed by atoms with van der Waals surface area (Å²) in [5.74, 6) is 2.40. The number of nitrogens with zero attached hydrogens (tertiary/aromatic N) is 1. The van der Waals surface area contributed by atoms with E-state index in [0.717, 1.165) is 39.7 Å². The number of rotatable bonds is 4. The van der Waals surface area contributed by atoms with Crippen LogP contribution in [0.3, 0.4) is 0 Å². The summed E-state index contributed by atoms with van der Waals surface area (Å²) in [5, 5.41) is 10.1. The summed E-state index contributed by atoms with van der Waals surface area (Å²) in [7, 11) is 0. The van der Waals surface area contributed by atoms with Gasteiger partial charge >= 0.3 is 6.03 Å².